The quantitative estimate of drug-likeness (QED) is 0.773. The molecule has 0 aliphatic carbocycles. The molecule has 2 rings (SSSR count). The summed E-state index contributed by atoms with van der Waals surface area (Å²) in [6.07, 6.45) is 0. The third kappa shape index (κ3) is 4.13. The number of anilines is 1. The molecule has 3 nitrogen and oxygen atoms in total. The van der Waals surface area contributed by atoms with Crippen LogP contribution in [-0.2, 0) is 0 Å². The van der Waals surface area contributed by atoms with Gasteiger partial charge >= 0.3 is 0 Å². The number of benzene rings is 2. The normalized spacial score (nSPS) is 10.9. The van der Waals surface area contributed by atoms with Crippen molar-refractivity contribution in [2.75, 3.05) is 12.4 Å². The molecule has 0 aromatic heterocycles. The van der Waals surface area contributed by atoms with E-state index in [1.54, 1.807) is 13.2 Å². The molecular formula is C20H25NO2. The van der Waals surface area contributed by atoms with Crippen molar-refractivity contribution in [1.29, 1.82) is 0 Å². The van der Waals surface area contributed by atoms with Gasteiger partial charge in [0.25, 0.3) is 0 Å². The molecule has 2 aromatic carbocycles. The minimum absolute atomic E-state index is 0.00218. The van der Waals surface area contributed by atoms with Gasteiger partial charge in [-0.25, -0.2) is 0 Å². The zero-order chi connectivity index (χ0) is 17.0. The number of ketones is 1. The fraction of sp³-hybridized carbons (Fsp3) is 0.350. The highest BCUT2D eigenvalue weighted by Crippen LogP contribution is 2.26. The molecule has 0 unspecified atom stereocenters. The van der Waals surface area contributed by atoms with Crippen molar-refractivity contribution in [2.45, 2.75) is 39.7 Å². The molecule has 0 fully saturated rings. The molecule has 3 heteroatoms. The Kier molecular flexibility index (Phi) is 5.43. The predicted octanol–water partition coefficient (Wildman–Crippen LogP) is 4.87. The van der Waals surface area contributed by atoms with Crippen molar-refractivity contribution in [3.05, 3.63) is 59.2 Å². The molecule has 0 bridgehead atoms. The van der Waals surface area contributed by atoms with Crippen LogP contribution in [0.3, 0.4) is 0 Å². The van der Waals surface area contributed by atoms with E-state index >= 15 is 0 Å². The Hall–Kier alpha value is -2.29. The summed E-state index contributed by atoms with van der Waals surface area (Å²) in [5.41, 5.74) is 3.39. The molecule has 2 aromatic rings. The number of hydrogen-bond acceptors (Lipinski definition) is 3. The topological polar surface area (TPSA) is 38.3 Å². The summed E-state index contributed by atoms with van der Waals surface area (Å²) >= 11 is 0. The SMILES string of the molecule is COc1ccc(NC(C)C)c(C(=O)c2ccc(C(C)C)cc2)c1. The maximum atomic E-state index is 12.9. The van der Waals surface area contributed by atoms with Gasteiger partial charge in [0.15, 0.2) is 5.78 Å². The summed E-state index contributed by atoms with van der Waals surface area (Å²) in [5.74, 6) is 1.14. The predicted molar refractivity (Wildman–Crippen MR) is 95.7 cm³/mol. The first-order chi connectivity index (χ1) is 10.9. The highest BCUT2D eigenvalue weighted by molar-refractivity contribution is 6.12. The van der Waals surface area contributed by atoms with Crippen LogP contribution in [0.15, 0.2) is 42.5 Å². The standard InChI is InChI=1S/C20H25NO2/c1-13(2)15-6-8-16(9-7-15)20(22)18-12-17(23-5)10-11-19(18)21-14(3)4/h6-14,21H,1-5H3. The summed E-state index contributed by atoms with van der Waals surface area (Å²) in [6.45, 7) is 8.39. The number of carbonyl (C=O) groups is 1. The van der Waals surface area contributed by atoms with Crippen LogP contribution >= 0.6 is 0 Å². The summed E-state index contributed by atoms with van der Waals surface area (Å²) < 4.78 is 5.27. The summed E-state index contributed by atoms with van der Waals surface area (Å²) in [7, 11) is 1.61. The molecule has 0 atom stereocenters. The van der Waals surface area contributed by atoms with Gasteiger partial charge in [-0.2, -0.15) is 0 Å². The van der Waals surface area contributed by atoms with Crippen LogP contribution in [0.2, 0.25) is 0 Å². The minimum atomic E-state index is 0.00218. The number of nitrogens with one attached hydrogen (secondary N) is 1. The highest BCUT2D eigenvalue weighted by atomic mass is 16.5. The smallest absolute Gasteiger partial charge is 0.195 e. The molecule has 122 valence electrons. The monoisotopic (exact) mass is 311 g/mol. The molecular weight excluding hydrogens is 286 g/mol. The second-order valence-corrected chi connectivity index (χ2v) is 6.32. The molecule has 0 amide bonds. The Bertz CT molecular complexity index is 673. The third-order valence-electron chi connectivity index (χ3n) is 3.76. The summed E-state index contributed by atoms with van der Waals surface area (Å²) in [4.78, 5) is 12.9. The maximum Gasteiger partial charge on any atom is 0.195 e. The number of methoxy groups -OCH3 is 1. The average Bonchev–Trinajstić information content (AvgIpc) is 2.54. The van der Waals surface area contributed by atoms with Crippen molar-refractivity contribution < 1.29 is 9.53 Å². The van der Waals surface area contributed by atoms with E-state index in [0.717, 1.165) is 5.69 Å². The number of carbonyl (C=O) groups excluding carboxylic acids is 1. The van der Waals surface area contributed by atoms with Crippen molar-refractivity contribution >= 4 is 11.5 Å². The summed E-state index contributed by atoms with van der Waals surface area (Å²) in [6, 6.07) is 13.6. The van der Waals surface area contributed by atoms with Gasteiger partial charge in [-0.3, -0.25) is 4.79 Å². The van der Waals surface area contributed by atoms with E-state index in [0.29, 0.717) is 22.8 Å². The second kappa shape index (κ2) is 7.32. The lowest BCUT2D eigenvalue weighted by Crippen LogP contribution is -2.14. The van der Waals surface area contributed by atoms with Gasteiger partial charge in [0, 0.05) is 22.9 Å². The Labute approximate surface area is 138 Å². The highest BCUT2D eigenvalue weighted by Gasteiger charge is 2.16. The first-order valence-electron chi connectivity index (χ1n) is 8.01. The molecule has 23 heavy (non-hydrogen) atoms. The lowest BCUT2D eigenvalue weighted by atomic mass is 9.97. The Morgan fingerprint density at radius 1 is 1.00 bits per heavy atom. The van der Waals surface area contributed by atoms with Crippen molar-refractivity contribution in [3.8, 4) is 5.75 Å². The zero-order valence-electron chi connectivity index (χ0n) is 14.5. The van der Waals surface area contributed by atoms with Crippen LogP contribution in [-0.4, -0.2) is 18.9 Å². The van der Waals surface area contributed by atoms with E-state index < -0.39 is 0 Å². The number of hydrogen-bond donors (Lipinski definition) is 1. The van der Waals surface area contributed by atoms with E-state index in [2.05, 4.69) is 33.0 Å². The molecule has 0 spiro atoms. The van der Waals surface area contributed by atoms with Crippen LogP contribution in [0.4, 0.5) is 5.69 Å². The van der Waals surface area contributed by atoms with E-state index in [4.69, 9.17) is 4.74 Å². The van der Waals surface area contributed by atoms with Gasteiger partial charge in [0.1, 0.15) is 5.75 Å². The summed E-state index contributed by atoms with van der Waals surface area (Å²) in [5, 5.41) is 3.33. The van der Waals surface area contributed by atoms with Gasteiger partial charge in [0.05, 0.1) is 7.11 Å². The van der Waals surface area contributed by atoms with E-state index in [1.807, 2.05) is 36.4 Å². The fourth-order valence-corrected chi connectivity index (χ4v) is 2.45. The van der Waals surface area contributed by atoms with Crippen LogP contribution in [0, 0.1) is 0 Å². The van der Waals surface area contributed by atoms with Crippen LogP contribution in [0.5, 0.6) is 5.75 Å². The molecule has 1 N–H and O–H groups in total. The van der Waals surface area contributed by atoms with E-state index in [9.17, 15) is 4.79 Å². The lowest BCUT2D eigenvalue weighted by molar-refractivity contribution is 0.103. The molecule has 0 radical (unpaired) electrons. The minimum Gasteiger partial charge on any atom is -0.497 e. The van der Waals surface area contributed by atoms with E-state index in [1.165, 1.54) is 5.56 Å². The zero-order valence-corrected chi connectivity index (χ0v) is 14.5. The molecule has 0 aliphatic heterocycles. The van der Waals surface area contributed by atoms with Crippen LogP contribution in [0.25, 0.3) is 0 Å². The fourth-order valence-electron chi connectivity index (χ4n) is 2.45. The largest absolute Gasteiger partial charge is 0.497 e. The van der Waals surface area contributed by atoms with Gasteiger partial charge < -0.3 is 10.1 Å². The van der Waals surface area contributed by atoms with E-state index in [-0.39, 0.29) is 11.8 Å². The number of rotatable bonds is 6. The first-order valence-corrected chi connectivity index (χ1v) is 8.01. The van der Waals surface area contributed by atoms with Crippen molar-refractivity contribution in [2.24, 2.45) is 0 Å². The van der Waals surface area contributed by atoms with Gasteiger partial charge in [0.2, 0.25) is 0 Å². The Morgan fingerprint density at radius 3 is 2.17 bits per heavy atom. The lowest BCUT2D eigenvalue weighted by Gasteiger charge is -2.15. The molecule has 0 heterocycles. The maximum absolute atomic E-state index is 12.9. The molecule has 0 saturated heterocycles. The second-order valence-electron chi connectivity index (χ2n) is 6.32. The number of ether oxygens (including phenoxy) is 1. The van der Waals surface area contributed by atoms with Crippen LogP contribution < -0.4 is 10.1 Å². The van der Waals surface area contributed by atoms with Gasteiger partial charge in [-0.15, -0.1) is 0 Å². The van der Waals surface area contributed by atoms with Gasteiger partial charge in [-0.05, 0) is 43.5 Å². The van der Waals surface area contributed by atoms with Gasteiger partial charge in [-0.1, -0.05) is 38.1 Å². The third-order valence-corrected chi connectivity index (χ3v) is 3.76. The van der Waals surface area contributed by atoms with Crippen molar-refractivity contribution in [3.63, 3.8) is 0 Å². The average molecular weight is 311 g/mol. The Balaban J connectivity index is 2.40. The van der Waals surface area contributed by atoms with Crippen molar-refractivity contribution in [1.82, 2.24) is 0 Å². The van der Waals surface area contributed by atoms with Crippen LogP contribution in [0.1, 0.15) is 55.1 Å². The first kappa shape index (κ1) is 17.1. The molecule has 0 saturated carbocycles. The Morgan fingerprint density at radius 2 is 1.65 bits per heavy atom. The molecule has 0 aliphatic rings.